The van der Waals surface area contributed by atoms with Gasteiger partial charge in [-0.05, 0) is 42.9 Å². The molecule has 1 aliphatic rings. The van der Waals surface area contributed by atoms with Gasteiger partial charge in [0.2, 0.25) is 5.89 Å². The van der Waals surface area contributed by atoms with Crippen molar-refractivity contribution in [2.45, 2.75) is 38.5 Å². The molecule has 2 unspecified atom stereocenters. The topological polar surface area (TPSA) is 64.9 Å². The molecule has 1 heterocycles. The molecule has 0 aliphatic heterocycles. The summed E-state index contributed by atoms with van der Waals surface area (Å²) in [6.07, 6.45) is 3.99. The van der Waals surface area contributed by atoms with E-state index in [1.54, 1.807) is 0 Å². The molecule has 0 bridgehead atoms. The van der Waals surface area contributed by atoms with Crippen LogP contribution in [0.1, 0.15) is 42.1 Å². The van der Waals surface area contributed by atoms with Gasteiger partial charge >= 0.3 is 0 Å². The second kappa shape index (κ2) is 5.75. The zero-order chi connectivity index (χ0) is 13.9. The number of fused-ring (bicyclic) bond motifs is 1. The van der Waals surface area contributed by atoms with Gasteiger partial charge in [-0.25, -0.2) is 0 Å². The van der Waals surface area contributed by atoms with Gasteiger partial charge < -0.3 is 10.3 Å². The van der Waals surface area contributed by atoms with Crippen LogP contribution in [0.3, 0.4) is 0 Å². The third-order valence-electron chi connectivity index (χ3n) is 4.12. The number of aryl methyl sites for hydroxylation is 1. The molecule has 2 N–H and O–H groups in total. The molecule has 0 saturated carbocycles. The van der Waals surface area contributed by atoms with E-state index in [9.17, 15) is 0 Å². The van der Waals surface area contributed by atoms with Crippen molar-refractivity contribution >= 4 is 0 Å². The fraction of sp³-hybridized carbons (Fsp3) is 0.500. The third-order valence-corrected chi connectivity index (χ3v) is 4.12. The predicted octanol–water partition coefficient (Wildman–Crippen LogP) is 2.48. The molecule has 20 heavy (non-hydrogen) atoms. The highest BCUT2D eigenvalue weighted by Gasteiger charge is 2.24. The van der Waals surface area contributed by atoms with Crippen LogP contribution in [0.5, 0.6) is 0 Å². The molecule has 0 radical (unpaired) electrons. The van der Waals surface area contributed by atoms with Crippen molar-refractivity contribution in [2.24, 2.45) is 11.7 Å². The van der Waals surface area contributed by atoms with E-state index in [4.69, 9.17) is 10.3 Å². The second-order valence-electron chi connectivity index (χ2n) is 5.80. The van der Waals surface area contributed by atoms with Crippen molar-refractivity contribution in [2.75, 3.05) is 6.54 Å². The summed E-state index contributed by atoms with van der Waals surface area (Å²) in [4.78, 5) is 4.56. The molecule has 3 rings (SSSR count). The number of aromatic nitrogens is 2. The van der Waals surface area contributed by atoms with Crippen LogP contribution in [0.25, 0.3) is 0 Å². The molecular formula is C16H21N3O. The fourth-order valence-electron chi connectivity index (χ4n) is 2.82. The van der Waals surface area contributed by atoms with Crippen molar-refractivity contribution in [3.63, 3.8) is 0 Å². The highest BCUT2D eigenvalue weighted by Crippen LogP contribution is 2.31. The van der Waals surface area contributed by atoms with Gasteiger partial charge in [-0.3, -0.25) is 0 Å². The Morgan fingerprint density at radius 1 is 1.35 bits per heavy atom. The Kier molecular flexibility index (Phi) is 3.83. The summed E-state index contributed by atoms with van der Waals surface area (Å²) in [7, 11) is 0. The van der Waals surface area contributed by atoms with E-state index < -0.39 is 0 Å². The van der Waals surface area contributed by atoms with Gasteiger partial charge in [-0.2, -0.15) is 4.98 Å². The molecule has 1 aromatic heterocycles. The van der Waals surface area contributed by atoms with Gasteiger partial charge in [-0.1, -0.05) is 36.3 Å². The van der Waals surface area contributed by atoms with Crippen molar-refractivity contribution in [1.82, 2.24) is 10.1 Å². The lowest BCUT2D eigenvalue weighted by atomic mass is 9.83. The monoisotopic (exact) mass is 271 g/mol. The van der Waals surface area contributed by atoms with Crippen LogP contribution in [0.2, 0.25) is 0 Å². The second-order valence-corrected chi connectivity index (χ2v) is 5.80. The lowest BCUT2D eigenvalue weighted by Gasteiger charge is -2.21. The molecule has 0 amide bonds. The van der Waals surface area contributed by atoms with Crippen LogP contribution >= 0.6 is 0 Å². The summed E-state index contributed by atoms with van der Waals surface area (Å²) >= 11 is 0. The van der Waals surface area contributed by atoms with E-state index in [1.165, 1.54) is 11.1 Å². The molecule has 1 aliphatic carbocycles. The van der Waals surface area contributed by atoms with Crippen molar-refractivity contribution in [3.8, 4) is 0 Å². The van der Waals surface area contributed by atoms with E-state index in [0.717, 1.165) is 37.4 Å². The van der Waals surface area contributed by atoms with Gasteiger partial charge in [0.05, 0.1) is 0 Å². The minimum Gasteiger partial charge on any atom is -0.339 e. The largest absolute Gasteiger partial charge is 0.339 e. The van der Waals surface area contributed by atoms with Crippen molar-refractivity contribution < 1.29 is 4.52 Å². The zero-order valence-electron chi connectivity index (χ0n) is 11.9. The van der Waals surface area contributed by atoms with E-state index in [-0.39, 0.29) is 0 Å². The maximum atomic E-state index is 5.63. The average molecular weight is 271 g/mol. The Hall–Kier alpha value is -1.68. The van der Waals surface area contributed by atoms with Crippen LogP contribution in [-0.4, -0.2) is 16.7 Å². The van der Waals surface area contributed by atoms with Crippen LogP contribution in [0.4, 0.5) is 0 Å². The molecule has 4 heteroatoms. The summed E-state index contributed by atoms with van der Waals surface area (Å²) in [5.74, 6) is 2.35. The highest BCUT2D eigenvalue weighted by atomic mass is 16.5. The number of nitrogens with two attached hydrogens (primary N) is 1. The normalized spacial score (nSPS) is 19.6. The minimum atomic E-state index is 0.385. The molecule has 4 nitrogen and oxygen atoms in total. The molecule has 2 aromatic rings. The minimum absolute atomic E-state index is 0.385. The Labute approximate surface area is 119 Å². The lowest BCUT2D eigenvalue weighted by Crippen LogP contribution is -2.15. The summed E-state index contributed by atoms with van der Waals surface area (Å²) in [6, 6.07) is 8.64. The van der Waals surface area contributed by atoms with Crippen LogP contribution in [0, 0.1) is 5.92 Å². The first-order valence-corrected chi connectivity index (χ1v) is 7.35. The fourth-order valence-corrected chi connectivity index (χ4v) is 2.82. The molecule has 106 valence electrons. The Bertz CT molecular complexity index is 579. The average Bonchev–Trinajstić information content (AvgIpc) is 2.95. The highest BCUT2D eigenvalue weighted by molar-refractivity contribution is 5.31. The number of rotatable bonds is 4. The van der Waals surface area contributed by atoms with Gasteiger partial charge in [-0.15, -0.1) is 0 Å². The zero-order valence-corrected chi connectivity index (χ0v) is 11.9. The van der Waals surface area contributed by atoms with E-state index in [2.05, 4.69) is 41.3 Å². The summed E-state index contributed by atoms with van der Waals surface area (Å²) in [5, 5.41) is 4.17. The van der Waals surface area contributed by atoms with Crippen molar-refractivity contribution in [3.05, 3.63) is 47.1 Å². The van der Waals surface area contributed by atoms with Gasteiger partial charge in [0.15, 0.2) is 5.82 Å². The molecular weight excluding hydrogens is 250 g/mol. The summed E-state index contributed by atoms with van der Waals surface area (Å²) in [6.45, 7) is 2.75. The maximum absolute atomic E-state index is 5.63. The van der Waals surface area contributed by atoms with E-state index in [1.807, 2.05) is 0 Å². The SMILES string of the molecule is CC(CN)Cc1nc(C2CCc3ccccc3C2)no1. The maximum Gasteiger partial charge on any atom is 0.226 e. The quantitative estimate of drug-likeness (QED) is 0.927. The molecule has 1 aromatic carbocycles. The van der Waals surface area contributed by atoms with Gasteiger partial charge in [0, 0.05) is 12.3 Å². The third kappa shape index (κ3) is 2.75. The van der Waals surface area contributed by atoms with Crippen LogP contribution in [-0.2, 0) is 19.3 Å². The number of hydrogen-bond donors (Lipinski definition) is 1. The molecule has 0 spiro atoms. The first kappa shape index (κ1) is 13.3. The summed E-state index contributed by atoms with van der Waals surface area (Å²) < 4.78 is 5.36. The van der Waals surface area contributed by atoms with Crippen LogP contribution in [0.15, 0.2) is 28.8 Å². The first-order chi connectivity index (χ1) is 9.76. The first-order valence-electron chi connectivity index (χ1n) is 7.35. The van der Waals surface area contributed by atoms with Gasteiger partial charge in [0.1, 0.15) is 0 Å². The molecule has 0 saturated heterocycles. The summed E-state index contributed by atoms with van der Waals surface area (Å²) in [5.41, 5.74) is 8.52. The Morgan fingerprint density at radius 2 is 2.15 bits per heavy atom. The van der Waals surface area contributed by atoms with E-state index >= 15 is 0 Å². The van der Waals surface area contributed by atoms with Crippen LogP contribution < -0.4 is 5.73 Å². The van der Waals surface area contributed by atoms with Gasteiger partial charge in [0.25, 0.3) is 0 Å². The molecule has 0 fully saturated rings. The number of benzene rings is 1. The molecule has 2 atom stereocenters. The number of hydrogen-bond acceptors (Lipinski definition) is 4. The lowest BCUT2D eigenvalue weighted by molar-refractivity contribution is 0.351. The standard InChI is InChI=1S/C16H21N3O/c1-11(10-17)8-15-18-16(19-20-15)14-7-6-12-4-2-3-5-13(12)9-14/h2-5,11,14H,6-10,17H2,1H3. The predicted molar refractivity (Wildman–Crippen MR) is 77.4 cm³/mol. The number of nitrogens with zero attached hydrogens (tertiary/aromatic N) is 2. The Morgan fingerprint density at radius 3 is 2.95 bits per heavy atom. The van der Waals surface area contributed by atoms with E-state index in [0.29, 0.717) is 18.4 Å². The smallest absolute Gasteiger partial charge is 0.226 e. The van der Waals surface area contributed by atoms with Crippen molar-refractivity contribution in [1.29, 1.82) is 0 Å². The Balaban J connectivity index is 1.72.